The molecule has 0 radical (unpaired) electrons. The van der Waals surface area contributed by atoms with E-state index in [1.54, 1.807) is 26.8 Å². The van der Waals surface area contributed by atoms with E-state index in [1.165, 1.54) is 14.1 Å². The average molecular weight is 350 g/mol. The minimum atomic E-state index is -0.869. The van der Waals surface area contributed by atoms with Gasteiger partial charge >= 0.3 is 11.7 Å². The molecular formula is C16H22N4O5. The number of aromatic nitrogens is 2. The zero-order valence-corrected chi connectivity index (χ0v) is 15.0. The second kappa shape index (κ2) is 8.28. The molecule has 9 nitrogen and oxygen atoms in total. The smallest absolute Gasteiger partial charge is 0.332 e. The Kier molecular flexibility index (Phi) is 6.68. The minimum Gasteiger partial charge on any atom is -0.464 e. The highest BCUT2D eigenvalue weighted by molar-refractivity contribution is 6.01. The molecule has 0 amide bonds. The maximum atomic E-state index is 12.4. The van der Waals surface area contributed by atoms with Gasteiger partial charge in [-0.15, -0.1) is 0 Å². The molecule has 1 heterocycles. The number of esters is 1. The Labute approximate surface area is 144 Å². The Bertz CT molecular complexity index is 829. The number of hydrogen-bond donors (Lipinski definition) is 1. The first kappa shape index (κ1) is 20.2. The maximum absolute atomic E-state index is 12.4. The van der Waals surface area contributed by atoms with Crippen molar-refractivity contribution in [1.29, 1.82) is 5.26 Å². The number of ether oxygens (including phenoxy) is 1. The Balaban J connectivity index is 3.59. The van der Waals surface area contributed by atoms with Crippen LogP contribution in [0.4, 0.5) is 5.82 Å². The topological polar surface area (TPSA) is 123 Å². The molecule has 0 fully saturated rings. The average Bonchev–Trinajstić information content (AvgIpc) is 2.54. The lowest BCUT2D eigenvalue weighted by atomic mass is 10.0. The first-order valence-corrected chi connectivity index (χ1v) is 7.80. The van der Waals surface area contributed by atoms with Crippen LogP contribution < -0.4 is 16.6 Å². The van der Waals surface area contributed by atoms with Gasteiger partial charge in [-0.2, -0.15) is 5.26 Å². The fraction of sp³-hybridized carbons (Fsp3) is 0.562. The summed E-state index contributed by atoms with van der Waals surface area (Å²) in [6.45, 7) is 5.33. The molecule has 9 heteroatoms. The summed E-state index contributed by atoms with van der Waals surface area (Å²) in [4.78, 5) is 49.0. The molecule has 136 valence electrons. The number of ketones is 1. The van der Waals surface area contributed by atoms with Crippen molar-refractivity contribution >= 4 is 17.6 Å². The Morgan fingerprint density at radius 1 is 1.24 bits per heavy atom. The van der Waals surface area contributed by atoms with Crippen molar-refractivity contribution in [2.24, 2.45) is 20.0 Å². The van der Waals surface area contributed by atoms with Gasteiger partial charge in [-0.3, -0.25) is 18.7 Å². The zero-order chi connectivity index (χ0) is 19.3. The van der Waals surface area contributed by atoms with Gasteiger partial charge in [0, 0.05) is 14.1 Å². The molecule has 25 heavy (non-hydrogen) atoms. The number of Topliss-reactive ketones (excluding diaryl/α,β-unsaturated/α-hetero) is 1. The number of hydrogen-bond acceptors (Lipinski definition) is 7. The van der Waals surface area contributed by atoms with E-state index in [9.17, 15) is 19.2 Å². The summed E-state index contributed by atoms with van der Waals surface area (Å²) in [7, 11) is 2.61. The van der Waals surface area contributed by atoms with E-state index in [0.29, 0.717) is 0 Å². The zero-order valence-electron chi connectivity index (χ0n) is 15.0. The minimum absolute atomic E-state index is 0.0971. The summed E-state index contributed by atoms with van der Waals surface area (Å²) < 4.78 is 6.85. The summed E-state index contributed by atoms with van der Waals surface area (Å²) >= 11 is 0. The van der Waals surface area contributed by atoms with Crippen LogP contribution in [0, 0.1) is 17.2 Å². The third-order valence-corrected chi connectivity index (χ3v) is 3.68. The van der Waals surface area contributed by atoms with Crippen LogP contribution in [0.15, 0.2) is 9.59 Å². The van der Waals surface area contributed by atoms with E-state index >= 15 is 0 Å². The van der Waals surface area contributed by atoms with Crippen LogP contribution in [0.1, 0.15) is 37.6 Å². The lowest BCUT2D eigenvalue weighted by Gasteiger charge is -2.24. The fourth-order valence-corrected chi connectivity index (χ4v) is 2.30. The first-order valence-electron chi connectivity index (χ1n) is 7.80. The van der Waals surface area contributed by atoms with Gasteiger partial charge in [-0.05, 0) is 12.8 Å². The molecule has 0 aliphatic carbocycles. The molecule has 1 rings (SSSR count). The van der Waals surface area contributed by atoms with E-state index in [1.807, 2.05) is 0 Å². The van der Waals surface area contributed by atoms with E-state index in [-0.39, 0.29) is 23.9 Å². The molecular weight excluding hydrogens is 328 g/mol. The predicted molar refractivity (Wildman–Crippen MR) is 90.4 cm³/mol. The number of nitriles is 1. The van der Waals surface area contributed by atoms with E-state index in [4.69, 9.17) is 10.00 Å². The van der Waals surface area contributed by atoms with Crippen molar-refractivity contribution in [2.45, 2.75) is 33.2 Å². The maximum Gasteiger partial charge on any atom is 0.332 e. The predicted octanol–water partition coefficient (Wildman–Crippen LogP) is 0.180. The number of rotatable bonds is 7. The van der Waals surface area contributed by atoms with Crippen molar-refractivity contribution in [1.82, 2.24) is 9.13 Å². The summed E-state index contributed by atoms with van der Waals surface area (Å²) in [6, 6.07) is 0.819. The third-order valence-electron chi connectivity index (χ3n) is 3.68. The summed E-state index contributed by atoms with van der Waals surface area (Å²) in [6.07, 6.45) is -0.520. The highest BCUT2D eigenvalue weighted by Gasteiger charge is 2.29. The molecule has 1 aromatic rings. The number of anilines is 1. The first-order chi connectivity index (χ1) is 11.7. The molecule has 1 atom stereocenters. The highest BCUT2D eigenvalue weighted by Crippen LogP contribution is 2.16. The summed E-state index contributed by atoms with van der Waals surface area (Å²) in [5, 5.41) is 11.6. The van der Waals surface area contributed by atoms with Crippen LogP contribution in [0.5, 0.6) is 0 Å². The van der Waals surface area contributed by atoms with Gasteiger partial charge in [0.05, 0.1) is 19.1 Å². The van der Waals surface area contributed by atoms with Gasteiger partial charge < -0.3 is 10.1 Å². The standard InChI is InChI=1S/C16H22N4O5/c1-6-25-15(23)12(9(2)3)18-13-11(10(21)7-8-17)14(22)20(5)16(24)19(13)4/h9,12,18H,6-7H2,1-5H3/t12-/m1/s1. The monoisotopic (exact) mass is 350 g/mol. The molecule has 0 aromatic carbocycles. The van der Waals surface area contributed by atoms with E-state index < -0.39 is 35.5 Å². The molecule has 0 spiro atoms. The molecule has 0 unspecified atom stereocenters. The van der Waals surface area contributed by atoms with Crippen molar-refractivity contribution in [3.05, 3.63) is 26.4 Å². The SMILES string of the molecule is CCOC(=O)[C@H](Nc1c(C(=O)CC#N)c(=O)n(C)c(=O)n1C)C(C)C. The van der Waals surface area contributed by atoms with Crippen LogP contribution >= 0.6 is 0 Å². The largest absolute Gasteiger partial charge is 0.464 e. The fourth-order valence-electron chi connectivity index (χ4n) is 2.30. The molecule has 0 saturated heterocycles. The van der Waals surface area contributed by atoms with E-state index in [0.717, 1.165) is 9.13 Å². The van der Waals surface area contributed by atoms with Crippen LogP contribution in [0.25, 0.3) is 0 Å². The lowest BCUT2D eigenvalue weighted by Crippen LogP contribution is -2.45. The number of nitrogens with zero attached hydrogens (tertiary/aromatic N) is 3. The second-order valence-corrected chi connectivity index (χ2v) is 5.81. The van der Waals surface area contributed by atoms with Crippen molar-refractivity contribution in [3.8, 4) is 6.07 Å². The van der Waals surface area contributed by atoms with Crippen molar-refractivity contribution in [3.63, 3.8) is 0 Å². The van der Waals surface area contributed by atoms with Crippen molar-refractivity contribution in [2.75, 3.05) is 11.9 Å². The molecule has 0 saturated carbocycles. The Morgan fingerprint density at radius 2 is 1.84 bits per heavy atom. The number of nitrogens with one attached hydrogen (secondary N) is 1. The molecule has 1 N–H and O–H groups in total. The van der Waals surface area contributed by atoms with Gasteiger partial charge in [0.1, 0.15) is 17.4 Å². The van der Waals surface area contributed by atoms with Gasteiger partial charge in [0.25, 0.3) is 5.56 Å². The van der Waals surface area contributed by atoms with Crippen LogP contribution in [-0.4, -0.2) is 33.5 Å². The van der Waals surface area contributed by atoms with Crippen LogP contribution in [0.3, 0.4) is 0 Å². The van der Waals surface area contributed by atoms with Crippen LogP contribution in [-0.2, 0) is 23.6 Å². The highest BCUT2D eigenvalue weighted by atomic mass is 16.5. The van der Waals surface area contributed by atoms with Gasteiger partial charge in [-0.25, -0.2) is 9.59 Å². The Morgan fingerprint density at radius 3 is 2.32 bits per heavy atom. The number of carbonyl (C=O) groups excluding carboxylic acids is 2. The van der Waals surface area contributed by atoms with Gasteiger partial charge in [0.2, 0.25) is 0 Å². The van der Waals surface area contributed by atoms with E-state index in [2.05, 4.69) is 5.32 Å². The Hall–Kier alpha value is -2.89. The second-order valence-electron chi connectivity index (χ2n) is 5.81. The lowest BCUT2D eigenvalue weighted by molar-refractivity contribution is -0.145. The molecule has 0 bridgehead atoms. The van der Waals surface area contributed by atoms with Crippen molar-refractivity contribution < 1.29 is 14.3 Å². The normalized spacial score (nSPS) is 11.7. The van der Waals surface area contributed by atoms with Crippen LogP contribution in [0.2, 0.25) is 0 Å². The van der Waals surface area contributed by atoms with Gasteiger partial charge in [-0.1, -0.05) is 13.8 Å². The quantitative estimate of drug-likeness (QED) is 0.549. The molecule has 0 aliphatic heterocycles. The summed E-state index contributed by atoms with van der Waals surface area (Å²) in [5.41, 5.74) is -1.81. The van der Waals surface area contributed by atoms with Gasteiger partial charge in [0.15, 0.2) is 5.78 Å². The number of carbonyl (C=O) groups is 2. The molecule has 0 aliphatic rings. The molecule has 1 aromatic heterocycles. The summed E-state index contributed by atoms with van der Waals surface area (Å²) in [5.74, 6) is -1.63. The third kappa shape index (κ3) is 4.15.